The predicted molar refractivity (Wildman–Crippen MR) is 92.2 cm³/mol. The van der Waals surface area contributed by atoms with Crippen molar-refractivity contribution in [2.45, 2.75) is 33.8 Å². The lowest BCUT2D eigenvalue weighted by atomic mass is 10.1. The van der Waals surface area contributed by atoms with Gasteiger partial charge in [0.15, 0.2) is 6.10 Å². The molecule has 2 aromatic rings. The van der Waals surface area contributed by atoms with Crippen LogP contribution in [0.1, 0.15) is 25.0 Å². The number of rotatable bonds is 6. The Kier molecular flexibility index (Phi) is 5.63. The van der Waals surface area contributed by atoms with Gasteiger partial charge in [0.1, 0.15) is 11.5 Å². The third-order valence-electron chi connectivity index (χ3n) is 3.47. The first-order valence-corrected chi connectivity index (χ1v) is 7.77. The lowest BCUT2D eigenvalue weighted by Crippen LogP contribution is -2.30. The maximum Gasteiger partial charge on any atom is 0.265 e. The summed E-state index contributed by atoms with van der Waals surface area (Å²) in [5.41, 5.74) is 2.94. The molecule has 0 aromatic heterocycles. The minimum Gasteiger partial charge on any atom is -0.494 e. The van der Waals surface area contributed by atoms with Crippen molar-refractivity contribution in [2.24, 2.45) is 0 Å². The fourth-order valence-corrected chi connectivity index (χ4v) is 2.14. The second kappa shape index (κ2) is 7.68. The Balaban J connectivity index is 1.98. The number of ether oxygens (including phenoxy) is 2. The summed E-state index contributed by atoms with van der Waals surface area (Å²) >= 11 is 0. The minimum absolute atomic E-state index is 0.174. The lowest BCUT2D eigenvalue weighted by molar-refractivity contribution is -0.122. The Hall–Kier alpha value is -2.49. The predicted octanol–water partition coefficient (Wildman–Crippen LogP) is 4.11. The minimum atomic E-state index is -0.590. The van der Waals surface area contributed by atoms with E-state index in [1.807, 2.05) is 51.1 Å². The zero-order valence-electron chi connectivity index (χ0n) is 14.1. The zero-order valence-corrected chi connectivity index (χ0v) is 14.1. The van der Waals surface area contributed by atoms with Crippen molar-refractivity contribution in [1.82, 2.24) is 0 Å². The second-order valence-corrected chi connectivity index (χ2v) is 5.47. The van der Waals surface area contributed by atoms with Crippen LogP contribution in [0.3, 0.4) is 0 Å². The van der Waals surface area contributed by atoms with Gasteiger partial charge in [-0.25, -0.2) is 0 Å². The van der Waals surface area contributed by atoms with Crippen molar-refractivity contribution in [3.63, 3.8) is 0 Å². The third-order valence-corrected chi connectivity index (χ3v) is 3.47. The SMILES string of the molecule is CCOc1ccc(OC(C)C(=O)Nc2cc(C)ccc2C)cc1. The molecular formula is C19H23NO3. The van der Waals surface area contributed by atoms with Crippen LogP contribution in [-0.2, 0) is 4.79 Å². The van der Waals surface area contributed by atoms with Gasteiger partial charge in [-0.3, -0.25) is 4.79 Å². The molecule has 0 radical (unpaired) electrons. The van der Waals surface area contributed by atoms with Crippen LogP contribution in [0.4, 0.5) is 5.69 Å². The molecule has 0 aliphatic rings. The van der Waals surface area contributed by atoms with Crippen molar-refractivity contribution in [3.8, 4) is 11.5 Å². The molecule has 0 saturated carbocycles. The Bertz CT molecular complexity index is 665. The number of anilines is 1. The first-order valence-electron chi connectivity index (χ1n) is 7.77. The molecule has 4 heteroatoms. The van der Waals surface area contributed by atoms with Crippen LogP contribution in [0.2, 0.25) is 0 Å². The molecular weight excluding hydrogens is 290 g/mol. The number of benzene rings is 2. The van der Waals surface area contributed by atoms with Crippen molar-refractivity contribution in [3.05, 3.63) is 53.6 Å². The van der Waals surface area contributed by atoms with E-state index in [0.717, 1.165) is 22.6 Å². The standard InChI is InChI=1S/C19H23NO3/c1-5-22-16-8-10-17(11-9-16)23-15(4)19(21)20-18-12-13(2)6-7-14(18)3/h6-12,15H,5H2,1-4H3,(H,20,21). The maximum absolute atomic E-state index is 12.3. The van der Waals surface area contributed by atoms with E-state index in [4.69, 9.17) is 9.47 Å². The topological polar surface area (TPSA) is 47.6 Å². The highest BCUT2D eigenvalue weighted by Crippen LogP contribution is 2.20. The van der Waals surface area contributed by atoms with Crippen LogP contribution >= 0.6 is 0 Å². The first-order chi connectivity index (χ1) is 11.0. The first kappa shape index (κ1) is 16.9. The largest absolute Gasteiger partial charge is 0.494 e. The number of hydrogen-bond donors (Lipinski definition) is 1. The van der Waals surface area contributed by atoms with Crippen LogP contribution in [0.5, 0.6) is 11.5 Å². The number of nitrogens with one attached hydrogen (secondary N) is 1. The monoisotopic (exact) mass is 313 g/mol. The Morgan fingerprint density at radius 2 is 1.74 bits per heavy atom. The van der Waals surface area contributed by atoms with Gasteiger partial charge in [0.25, 0.3) is 5.91 Å². The van der Waals surface area contributed by atoms with Gasteiger partial charge >= 0.3 is 0 Å². The summed E-state index contributed by atoms with van der Waals surface area (Å²) in [5, 5.41) is 2.91. The second-order valence-electron chi connectivity index (χ2n) is 5.47. The van der Waals surface area contributed by atoms with Gasteiger partial charge in [-0.1, -0.05) is 12.1 Å². The zero-order chi connectivity index (χ0) is 16.8. The van der Waals surface area contributed by atoms with Crippen LogP contribution in [0.15, 0.2) is 42.5 Å². The van der Waals surface area contributed by atoms with E-state index >= 15 is 0 Å². The van der Waals surface area contributed by atoms with E-state index in [2.05, 4.69) is 5.32 Å². The van der Waals surface area contributed by atoms with Crippen LogP contribution < -0.4 is 14.8 Å². The summed E-state index contributed by atoms with van der Waals surface area (Å²) in [5.74, 6) is 1.25. The van der Waals surface area contributed by atoms with Gasteiger partial charge in [0.05, 0.1) is 6.61 Å². The van der Waals surface area contributed by atoms with E-state index in [0.29, 0.717) is 12.4 Å². The Morgan fingerprint density at radius 1 is 1.09 bits per heavy atom. The molecule has 1 atom stereocenters. The van der Waals surface area contributed by atoms with Crippen LogP contribution in [-0.4, -0.2) is 18.6 Å². The average molecular weight is 313 g/mol. The van der Waals surface area contributed by atoms with E-state index in [1.165, 1.54) is 0 Å². The van der Waals surface area contributed by atoms with Crippen molar-refractivity contribution in [2.75, 3.05) is 11.9 Å². The molecule has 0 heterocycles. The molecule has 2 aromatic carbocycles. The molecule has 0 spiro atoms. The van der Waals surface area contributed by atoms with Gasteiger partial charge in [-0.2, -0.15) is 0 Å². The van der Waals surface area contributed by atoms with Crippen LogP contribution in [0, 0.1) is 13.8 Å². The summed E-state index contributed by atoms with van der Waals surface area (Å²) in [6.07, 6.45) is -0.590. The number of carbonyl (C=O) groups is 1. The summed E-state index contributed by atoms with van der Waals surface area (Å²) in [6.45, 7) is 8.25. The molecule has 0 aliphatic carbocycles. The van der Waals surface area contributed by atoms with Gasteiger partial charge in [0, 0.05) is 5.69 Å². The normalized spacial score (nSPS) is 11.7. The van der Waals surface area contributed by atoms with Crippen molar-refractivity contribution in [1.29, 1.82) is 0 Å². The maximum atomic E-state index is 12.3. The molecule has 1 unspecified atom stereocenters. The van der Waals surface area contributed by atoms with Crippen LogP contribution in [0.25, 0.3) is 0 Å². The highest BCUT2D eigenvalue weighted by atomic mass is 16.5. The Labute approximate surface area is 137 Å². The quantitative estimate of drug-likeness (QED) is 0.873. The number of aryl methyl sites for hydroxylation is 2. The molecule has 1 amide bonds. The van der Waals surface area contributed by atoms with Gasteiger partial charge < -0.3 is 14.8 Å². The molecule has 0 saturated heterocycles. The summed E-state index contributed by atoms with van der Waals surface area (Å²) in [6, 6.07) is 13.2. The summed E-state index contributed by atoms with van der Waals surface area (Å²) in [7, 11) is 0. The fraction of sp³-hybridized carbons (Fsp3) is 0.316. The average Bonchev–Trinajstić information content (AvgIpc) is 2.53. The van der Waals surface area contributed by atoms with E-state index in [1.54, 1.807) is 19.1 Å². The highest BCUT2D eigenvalue weighted by molar-refractivity contribution is 5.94. The van der Waals surface area contributed by atoms with E-state index in [-0.39, 0.29) is 5.91 Å². The van der Waals surface area contributed by atoms with Gasteiger partial charge in [0.2, 0.25) is 0 Å². The smallest absolute Gasteiger partial charge is 0.265 e. The van der Waals surface area contributed by atoms with Gasteiger partial charge in [-0.05, 0) is 69.2 Å². The molecule has 23 heavy (non-hydrogen) atoms. The fourth-order valence-electron chi connectivity index (χ4n) is 2.14. The Morgan fingerprint density at radius 3 is 2.39 bits per heavy atom. The van der Waals surface area contributed by atoms with Crippen molar-refractivity contribution >= 4 is 11.6 Å². The molecule has 2 rings (SSSR count). The molecule has 0 fully saturated rings. The number of amides is 1. The third kappa shape index (κ3) is 4.74. The molecule has 4 nitrogen and oxygen atoms in total. The molecule has 122 valence electrons. The molecule has 0 aliphatic heterocycles. The van der Waals surface area contributed by atoms with E-state index in [9.17, 15) is 4.79 Å². The highest BCUT2D eigenvalue weighted by Gasteiger charge is 2.15. The lowest BCUT2D eigenvalue weighted by Gasteiger charge is -2.16. The van der Waals surface area contributed by atoms with E-state index < -0.39 is 6.10 Å². The summed E-state index contributed by atoms with van der Waals surface area (Å²) in [4.78, 5) is 12.3. The molecule has 0 bridgehead atoms. The number of carbonyl (C=O) groups excluding carboxylic acids is 1. The summed E-state index contributed by atoms with van der Waals surface area (Å²) < 4.78 is 11.1. The number of hydrogen-bond acceptors (Lipinski definition) is 3. The van der Waals surface area contributed by atoms with Gasteiger partial charge in [-0.15, -0.1) is 0 Å². The van der Waals surface area contributed by atoms with Crippen molar-refractivity contribution < 1.29 is 14.3 Å². The molecule has 1 N–H and O–H groups in total.